The summed E-state index contributed by atoms with van der Waals surface area (Å²) < 4.78 is 13.0. The molecule has 3 heterocycles. The second kappa shape index (κ2) is 9.08. The first kappa shape index (κ1) is 21.2. The summed E-state index contributed by atoms with van der Waals surface area (Å²) in [6, 6.07) is 7.70. The Kier molecular flexibility index (Phi) is 5.84. The van der Waals surface area contributed by atoms with E-state index in [0.29, 0.717) is 54.3 Å². The fourth-order valence-corrected chi connectivity index (χ4v) is 3.63. The maximum atomic E-state index is 9.52. The largest absolute Gasteiger partial charge is 0.485 e. The quantitative estimate of drug-likeness (QED) is 0.495. The van der Waals surface area contributed by atoms with Gasteiger partial charge in [0, 0.05) is 19.1 Å². The maximum Gasteiger partial charge on any atom is 0.247 e. The van der Waals surface area contributed by atoms with Gasteiger partial charge in [-0.2, -0.15) is 20.0 Å². The minimum Gasteiger partial charge on any atom is -0.485 e. The van der Waals surface area contributed by atoms with Crippen LogP contribution in [-0.2, 0) is 4.74 Å². The van der Waals surface area contributed by atoms with E-state index in [2.05, 4.69) is 43.2 Å². The van der Waals surface area contributed by atoms with Gasteiger partial charge >= 0.3 is 0 Å². The third-order valence-electron chi connectivity index (χ3n) is 5.20. The van der Waals surface area contributed by atoms with E-state index in [-0.39, 0.29) is 22.8 Å². The average molecular weight is 466 g/mol. The molecule has 2 fully saturated rings. The SMILES string of the molecule is N#Cc1cc(Nc2nc(NC3CC3)c3ncc(C#N)n3n2)c(Cl)c(OC2CNCCOC2)c1. The topological polar surface area (TPSA) is 145 Å². The van der Waals surface area contributed by atoms with E-state index < -0.39 is 0 Å². The number of ether oxygens (including phenoxy) is 2. The number of hydrogen-bond donors (Lipinski definition) is 3. The summed E-state index contributed by atoms with van der Waals surface area (Å²) in [5, 5.41) is 33.2. The predicted octanol–water partition coefficient (Wildman–Crippen LogP) is 2.21. The summed E-state index contributed by atoms with van der Waals surface area (Å²) in [6.07, 6.45) is 3.28. The molecule has 2 aliphatic rings. The number of fused-ring (bicyclic) bond motifs is 1. The molecule has 0 radical (unpaired) electrons. The van der Waals surface area contributed by atoms with E-state index >= 15 is 0 Å². The van der Waals surface area contributed by atoms with Crippen molar-refractivity contribution < 1.29 is 9.47 Å². The van der Waals surface area contributed by atoms with Crippen LogP contribution in [0.1, 0.15) is 24.1 Å². The van der Waals surface area contributed by atoms with Gasteiger partial charge in [0.2, 0.25) is 5.95 Å². The van der Waals surface area contributed by atoms with Crippen molar-refractivity contribution in [3.63, 3.8) is 0 Å². The zero-order valence-electron chi connectivity index (χ0n) is 17.5. The number of anilines is 3. The lowest BCUT2D eigenvalue weighted by Gasteiger charge is -2.19. The van der Waals surface area contributed by atoms with Crippen LogP contribution < -0.4 is 20.7 Å². The Hall–Kier alpha value is -3.64. The highest BCUT2D eigenvalue weighted by atomic mass is 35.5. The number of aromatic nitrogens is 4. The third-order valence-corrected chi connectivity index (χ3v) is 5.59. The van der Waals surface area contributed by atoms with E-state index in [1.807, 2.05) is 0 Å². The second-order valence-corrected chi connectivity index (χ2v) is 8.16. The second-order valence-electron chi connectivity index (χ2n) is 7.78. The van der Waals surface area contributed by atoms with Crippen molar-refractivity contribution in [3.05, 3.63) is 34.6 Å². The normalized spacial score (nSPS) is 18.2. The molecule has 1 saturated heterocycles. The number of nitrogens with one attached hydrogen (secondary N) is 3. The number of benzene rings is 1. The molecular formula is C21H20ClN9O2. The van der Waals surface area contributed by atoms with Crippen LogP contribution in [0, 0.1) is 22.7 Å². The van der Waals surface area contributed by atoms with Crippen molar-refractivity contribution in [1.29, 1.82) is 10.5 Å². The van der Waals surface area contributed by atoms with Gasteiger partial charge in [-0.25, -0.2) is 4.98 Å². The fraction of sp³-hybridized carbons (Fsp3) is 0.381. The van der Waals surface area contributed by atoms with Crippen LogP contribution in [0.15, 0.2) is 18.3 Å². The average Bonchev–Trinajstić information content (AvgIpc) is 3.59. The van der Waals surface area contributed by atoms with E-state index in [1.165, 1.54) is 10.7 Å². The summed E-state index contributed by atoms with van der Waals surface area (Å²) in [7, 11) is 0. The summed E-state index contributed by atoms with van der Waals surface area (Å²) in [5.41, 5.74) is 1.50. The molecule has 33 heavy (non-hydrogen) atoms. The van der Waals surface area contributed by atoms with Gasteiger partial charge in [-0.15, -0.1) is 5.10 Å². The van der Waals surface area contributed by atoms with Crippen LogP contribution in [0.5, 0.6) is 5.75 Å². The van der Waals surface area contributed by atoms with Gasteiger partial charge in [0.15, 0.2) is 17.2 Å². The van der Waals surface area contributed by atoms with Gasteiger partial charge in [0.1, 0.15) is 22.9 Å². The van der Waals surface area contributed by atoms with Crippen LogP contribution in [0.2, 0.25) is 5.02 Å². The standard InChI is InChI=1S/C21H20ClN9O2/c22-18-16(5-12(7-23)6-17(18)33-15-10-25-3-4-32-11-15)28-21-29-19(27-13-1-2-13)20-26-9-14(8-24)31(20)30-21/h5-6,9,13,15,25H,1-4,10-11H2,(H2,27,28,29,30). The van der Waals surface area contributed by atoms with Gasteiger partial charge < -0.3 is 25.4 Å². The summed E-state index contributed by atoms with van der Waals surface area (Å²) in [5.74, 6) is 1.07. The van der Waals surface area contributed by atoms with Crippen molar-refractivity contribution in [3.8, 4) is 17.9 Å². The molecule has 3 aromatic rings. The lowest BCUT2D eigenvalue weighted by atomic mass is 10.2. The Morgan fingerprint density at radius 2 is 2.15 bits per heavy atom. The lowest BCUT2D eigenvalue weighted by molar-refractivity contribution is 0.0729. The molecule has 1 aliphatic carbocycles. The summed E-state index contributed by atoms with van der Waals surface area (Å²) in [6.45, 7) is 2.36. The number of rotatable bonds is 6. The number of halogens is 1. The van der Waals surface area contributed by atoms with Gasteiger partial charge in [-0.3, -0.25) is 0 Å². The van der Waals surface area contributed by atoms with Crippen molar-refractivity contribution >= 4 is 34.7 Å². The predicted molar refractivity (Wildman–Crippen MR) is 120 cm³/mol. The highest BCUT2D eigenvalue weighted by molar-refractivity contribution is 6.34. The molecule has 1 aromatic carbocycles. The molecule has 0 spiro atoms. The summed E-state index contributed by atoms with van der Waals surface area (Å²) >= 11 is 6.64. The van der Waals surface area contributed by atoms with Crippen LogP contribution in [-0.4, -0.2) is 58.0 Å². The molecule has 2 aromatic heterocycles. The molecule has 11 nitrogen and oxygen atoms in total. The molecule has 0 amide bonds. The molecule has 3 N–H and O–H groups in total. The summed E-state index contributed by atoms with van der Waals surface area (Å²) in [4.78, 5) is 8.81. The van der Waals surface area contributed by atoms with Gasteiger partial charge in [-0.1, -0.05) is 11.6 Å². The number of imidazole rings is 1. The van der Waals surface area contributed by atoms with Gasteiger partial charge in [-0.05, 0) is 25.0 Å². The molecule has 0 bridgehead atoms. The van der Waals surface area contributed by atoms with Gasteiger partial charge in [0.25, 0.3) is 0 Å². The number of nitriles is 2. The van der Waals surface area contributed by atoms with E-state index in [1.54, 1.807) is 12.1 Å². The Morgan fingerprint density at radius 3 is 2.94 bits per heavy atom. The third kappa shape index (κ3) is 4.61. The van der Waals surface area contributed by atoms with Crippen LogP contribution in [0.3, 0.4) is 0 Å². The van der Waals surface area contributed by atoms with E-state index in [4.69, 9.17) is 21.1 Å². The minimum absolute atomic E-state index is 0.197. The van der Waals surface area contributed by atoms with Crippen LogP contribution >= 0.6 is 11.6 Å². The fourth-order valence-electron chi connectivity index (χ4n) is 3.42. The molecule has 1 unspecified atom stereocenters. The van der Waals surface area contributed by atoms with E-state index in [0.717, 1.165) is 19.4 Å². The Bertz CT molecular complexity index is 1270. The number of nitrogens with zero attached hydrogens (tertiary/aromatic N) is 6. The highest BCUT2D eigenvalue weighted by Crippen LogP contribution is 2.36. The molecular weight excluding hydrogens is 446 g/mol. The van der Waals surface area contributed by atoms with Crippen LogP contribution in [0.25, 0.3) is 5.65 Å². The van der Waals surface area contributed by atoms with Crippen LogP contribution in [0.4, 0.5) is 17.5 Å². The molecule has 1 atom stereocenters. The number of hydrogen-bond acceptors (Lipinski definition) is 10. The lowest BCUT2D eigenvalue weighted by Crippen LogP contribution is -2.32. The highest BCUT2D eigenvalue weighted by Gasteiger charge is 2.25. The van der Waals surface area contributed by atoms with Crippen molar-refractivity contribution in [2.24, 2.45) is 0 Å². The minimum atomic E-state index is -0.252. The molecule has 1 aliphatic heterocycles. The zero-order chi connectivity index (χ0) is 22.8. The first-order valence-corrected chi connectivity index (χ1v) is 10.9. The van der Waals surface area contributed by atoms with Crippen molar-refractivity contribution in [2.75, 3.05) is 36.9 Å². The van der Waals surface area contributed by atoms with Gasteiger partial charge in [0.05, 0.1) is 36.7 Å². The molecule has 1 saturated carbocycles. The Labute approximate surface area is 194 Å². The molecule has 12 heteroatoms. The van der Waals surface area contributed by atoms with E-state index in [9.17, 15) is 10.5 Å². The monoisotopic (exact) mass is 465 g/mol. The maximum absolute atomic E-state index is 9.52. The zero-order valence-corrected chi connectivity index (χ0v) is 18.3. The molecule has 5 rings (SSSR count). The smallest absolute Gasteiger partial charge is 0.247 e. The Morgan fingerprint density at radius 1 is 1.27 bits per heavy atom. The molecule has 168 valence electrons. The van der Waals surface area contributed by atoms with Crippen molar-refractivity contribution in [2.45, 2.75) is 25.0 Å². The first-order chi connectivity index (χ1) is 16.1. The first-order valence-electron chi connectivity index (χ1n) is 10.5. The van der Waals surface area contributed by atoms with Crippen molar-refractivity contribution in [1.82, 2.24) is 24.9 Å². The Balaban J connectivity index is 1.49.